The average molecular weight is 269 g/mol. The Labute approximate surface area is 111 Å². The molecule has 1 amide bonds. The summed E-state index contributed by atoms with van der Waals surface area (Å²) in [6.45, 7) is 4.05. The molecule has 1 unspecified atom stereocenters. The Kier molecular flexibility index (Phi) is 3.97. The van der Waals surface area contributed by atoms with Gasteiger partial charge in [0.25, 0.3) is 5.22 Å². The van der Waals surface area contributed by atoms with E-state index in [0.29, 0.717) is 16.9 Å². The first kappa shape index (κ1) is 13.4. The topological polar surface area (TPSA) is 81.2 Å². The van der Waals surface area contributed by atoms with Crippen molar-refractivity contribution in [3.05, 3.63) is 12.5 Å². The third-order valence-electron chi connectivity index (χ3n) is 3.09. The van der Waals surface area contributed by atoms with Crippen molar-refractivity contribution in [1.29, 1.82) is 0 Å². The number of nitrogens with one attached hydrogen (secondary N) is 1. The van der Waals surface area contributed by atoms with Crippen LogP contribution in [0.2, 0.25) is 0 Å². The highest BCUT2D eigenvalue weighted by Gasteiger charge is 2.50. The first-order valence-corrected chi connectivity index (χ1v) is 7.13. The highest BCUT2D eigenvalue weighted by atomic mass is 32.2. The monoisotopic (exact) mass is 269 g/mol. The average Bonchev–Trinajstić information content (AvgIpc) is 3.01. The van der Waals surface area contributed by atoms with Crippen LogP contribution < -0.4 is 11.1 Å². The molecule has 1 atom stereocenters. The molecule has 0 bridgehead atoms. The molecule has 1 aliphatic carbocycles. The third kappa shape index (κ3) is 2.87. The molecule has 18 heavy (non-hydrogen) atoms. The Bertz CT molecular complexity index is 403. The van der Waals surface area contributed by atoms with Crippen molar-refractivity contribution in [2.24, 2.45) is 11.7 Å². The minimum absolute atomic E-state index is 0.211. The van der Waals surface area contributed by atoms with Gasteiger partial charge in [-0.15, -0.1) is 0 Å². The highest BCUT2D eigenvalue weighted by Crippen LogP contribution is 2.42. The number of hydrogen-bond acceptors (Lipinski definition) is 5. The Hall–Kier alpha value is -1.01. The molecule has 0 saturated heterocycles. The molecule has 0 spiro atoms. The SMILES string of the molecule is CC(C)NC(CSc1ncco1)(C(N)=O)C1CC1. The number of thioether (sulfide) groups is 1. The fourth-order valence-corrected chi connectivity index (χ4v) is 3.24. The number of primary amides is 1. The maximum Gasteiger partial charge on any atom is 0.255 e. The van der Waals surface area contributed by atoms with E-state index in [0.717, 1.165) is 12.8 Å². The van der Waals surface area contributed by atoms with E-state index in [1.54, 1.807) is 6.20 Å². The predicted octanol–water partition coefficient (Wildman–Crippen LogP) is 1.40. The largest absolute Gasteiger partial charge is 0.440 e. The minimum Gasteiger partial charge on any atom is -0.440 e. The quantitative estimate of drug-likeness (QED) is 0.731. The van der Waals surface area contributed by atoms with E-state index >= 15 is 0 Å². The molecule has 1 fully saturated rings. The molecule has 0 radical (unpaired) electrons. The molecule has 2 rings (SSSR count). The number of amides is 1. The summed E-state index contributed by atoms with van der Waals surface area (Å²) in [7, 11) is 0. The van der Waals surface area contributed by atoms with Crippen molar-refractivity contribution in [2.45, 2.75) is 43.5 Å². The number of nitrogens with zero attached hydrogens (tertiary/aromatic N) is 1. The summed E-state index contributed by atoms with van der Waals surface area (Å²) in [6.07, 6.45) is 5.23. The lowest BCUT2D eigenvalue weighted by Gasteiger charge is -2.33. The zero-order valence-corrected chi connectivity index (χ0v) is 11.5. The third-order valence-corrected chi connectivity index (χ3v) is 4.14. The van der Waals surface area contributed by atoms with E-state index in [1.807, 2.05) is 13.8 Å². The molecule has 1 aromatic heterocycles. The first-order chi connectivity index (χ1) is 8.54. The molecule has 6 heteroatoms. The molecule has 1 heterocycles. The lowest BCUT2D eigenvalue weighted by Crippen LogP contribution is -2.61. The van der Waals surface area contributed by atoms with Crippen LogP contribution >= 0.6 is 11.8 Å². The number of carbonyl (C=O) groups excluding carboxylic acids is 1. The van der Waals surface area contributed by atoms with Gasteiger partial charge in [0.15, 0.2) is 0 Å². The molecular weight excluding hydrogens is 250 g/mol. The molecule has 0 aliphatic heterocycles. The number of nitrogens with two attached hydrogens (primary N) is 1. The van der Waals surface area contributed by atoms with Crippen LogP contribution in [0.3, 0.4) is 0 Å². The van der Waals surface area contributed by atoms with Gasteiger partial charge in [-0.05, 0) is 32.6 Å². The molecular formula is C12H19N3O2S. The maximum atomic E-state index is 11.9. The molecule has 3 N–H and O–H groups in total. The highest BCUT2D eigenvalue weighted by molar-refractivity contribution is 7.99. The van der Waals surface area contributed by atoms with Gasteiger partial charge in [-0.3, -0.25) is 4.79 Å². The van der Waals surface area contributed by atoms with Crippen molar-refractivity contribution in [2.75, 3.05) is 5.75 Å². The summed E-state index contributed by atoms with van der Waals surface area (Å²) in [5.41, 5.74) is 4.99. The molecule has 5 nitrogen and oxygen atoms in total. The molecule has 1 saturated carbocycles. The molecule has 1 aliphatic rings. The standard InChI is InChI=1S/C12H19N3O2S/c1-8(2)15-12(10(13)16,9-3-4-9)7-18-11-14-5-6-17-11/h5-6,8-9,15H,3-4,7H2,1-2H3,(H2,13,16). The minimum atomic E-state index is -0.646. The number of oxazole rings is 1. The van der Waals surface area contributed by atoms with Crippen LogP contribution in [-0.4, -0.2) is 28.2 Å². The van der Waals surface area contributed by atoms with Gasteiger partial charge in [0.05, 0.1) is 6.20 Å². The lowest BCUT2D eigenvalue weighted by atomic mass is 9.93. The smallest absolute Gasteiger partial charge is 0.255 e. The van der Waals surface area contributed by atoms with Crippen molar-refractivity contribution in [3.63, 3.8) is 0 Å². The number of carbonyl (C=O) groups is 1. The number of aromatic nitrogens is 1. The van der Waals surface area contributed by atoms with Crippen LogP contribution in [0.25, 0.3) is 0 Å². The Balaban J connectivity index is 2.10. The molecule has 0 aromatic carbocycles. The summed E-state index contributed by atoms with van der Waals surface area (Å²) < 4.78 is 5.19. The van der Waals surface area contributed by atoms with Crippen LogP contribution in [0.5, 0.6) is 0 Å². The van der Waals surface area contributed by atoms with Gasteiger partial charge in [0.2, 0.25) is 5.91 Å². The summed E-state index contributed by atoms with van der Waals surface area (Å²) in [5, 5.41) is 3.93. The lowest BCUT2D eigenvalue weighted by molar-refractivity contribution is -0.124. The van der Waals surface area contributed by atoms with Gasteiger partial charge in [-0.1, -0.05) is 11.8 Å². The summed E-state index contributed by atoms with van der Waals surface area (Å²) in [6, 6.07) is 0.211. The zero-order valence-electron chi connectivity index (χ0n) is 10.7. The maximum absolute atomic E-state index is 11.9. The fourth-order valence-electron chi connectivity index (χ4n) is 2.17. The summed E-state index contributed by atoms with van der Waals surface area (Å²) in [5.74, 6) is 0.615. The van der Waals surface area contributed by atoms with Crippen molar-refractivity contribution in [3.8, 4) is 0 Å². The number of rotatable bonds is 7. The van der Waals surface area contributed by atoms with Gasteiger partial charge in [0, 0.05) is 11.8 Å². The fraction of sp³-hybridized carbons (Fsp3) is 0.667. The summed E-state index contributed by atoms with van der Waals surface area (Å²) >= 11 is 1.43. The van der Waals surface area contributed by atoms with Crippen LogP contribution in [0.1, 0.15) is 26.7 Å². The van der Waals surface area contributed by atoms with Gasteiger partial charge in [-0.25, -0.2) is 4.98 Å². The van der Waals surface area contributed by atoms with E-state index < -0.39 is 5.54 Å². The van der Waals surface area contributed by atoms with E-state index in [4.69, 9.17) is 10.2 Å². The van der Waals surface area contributed by atoms with Crippen LogP contribution in [0.15, 0.2) is 22.1 Å². The van der Waals surface area contributed by atoms with E-state index in [1.165, 1.54) is 18.0 Å². The normalized spacial score (nSPS) is 18.8. The van der Waals surface area contributed by atoms with Gasteiger partial charge in [0.1, 0.15) is 11.8 Å². The van der Waals surface area contributed by atoms with Gasteiger partial charge < -0.3 is 15.5 Å². The van der Waals surface area contributed by atoms with E-state index in [-0.39, 0.29) is 11.9 Å². The Morgan fingerprint density at radius 3 is 2.89 bits per heavy atom. The molecule has 100 valence electrons. The number of hydrogen-bond donors (Lipinski definition) is 2. The van der Waals surface area contributed by atoms with Crippen molar-refractivity contribution >= 4 is 17.7 Å². The first-order valence-electron chi connectivity index (χ1n) is 6.14. The summed E-state index contributed by atoms with van der Waals surface area (Å²) in [4.78, 5) is 15.9. The van der Waals surface area contributed by atoms with Gasteiger partial charge >= 0.3 is 0 Å². The van der Waals surface area contributed by atoms with E-state index in [9.17, 15) is 4.79 Å². The van der Waals surface area contributed by atoms with Crippen LogP contribution in [-0.2, 0) is 4.79 Å². The Morgan fingerprint density at radius 1 is 1.72 bits per heavy atom. The second kappa shape index (κ2) is 5.32. The second-order valence-electron chi connectivity index (χ2n) is 5.00. The van der Waals surface area contributed by atoms with Crippen LogP contribution in [0, 0.1) is 5.92 Å². The Morgan fingerprint density at radius 2 is 2.44 bits per heavy atom. The van der Waals surface area contributed by atoms with Crippen molar-refractivity contribution < 1.29 is 9.21 Å². The zero-order chi connectivity index (χ0) is 13.2. The van der Waals surface area contributed by atoms with E-state index in [2.05, 4.69) is 10.3 Å². The second-order valence-corrected chi connectivity index (χ2v) is 5.92. The van der Waals surface area contributed by atoms with Crippen LogP contribution in [0.4, 0.5) is 0 Å². The van der Waals surface area contributed by atoms with Gasteiger partial charge in [-0.2, -0.15) is 0 Å². The predicted molar refractivity (Wildman–Crippen MR) is 70.1 cm³/mol. The molecule has 1 aromatic rings. The van der Waals surface area contributed by atoms with Crippen molar-refractivity contribution in [1.82, 2.24) is 10.3 Å².